The van der Waals surface area contributed by atoms with Gasteiger partial charge in [-0.2, -0.15) is 5.26 Å². The third-order valence-corrected chi connectivity index (χ3v) is 4.93. The summed E-state index contributed by atoms with van der Waals surface area (Å²) in [5.74, 6) is 1.09. The van der Waals surface area contributed by atoms with Crippen LogP contribution in [0.25, 0.3) is 0 Å². The lowest BCUT2D eigenvalue weighted by molar-refractivity contribution is 0.414. The smallest absolute Gasteiger partial charge is 0.263 e. The van der Waals surface area contributed by atoms with Gasteiger partial charge in [-0.1, -0.05) is 0 Å². The van der Waals surface area contributed by atoms with Gasteiger partial charge in [0.15, 0.2) is 11.6 Å². The van der Waals surface area contributed by atoms with Crippen molar-refractivity contribution in [3.05, 3.63) is 66.2 Å². The van der Waals surface area contributed by atoms with Crippen LogP contribution in [0.2, 0.25) is 0 Å². The Balaban J connectivity index is 1.69. The highest BCUT2D eigenvalue weighted by molar-refractivity contribution is 7.92. The second-order valence-electron chi connectivity index (χ2n) is 5.40. The number of methoxy groups -OCH3 is 1. The predicted molar refractivity (Wildman–Crippen MR) is 100 cm³/mol. The second-order valence-corrected chi connectivity index (χ2v) is 7.08. The zero-order chi connectivity index (χ0) is 19.3. The summed E-state index contributed by atoms with van der Waals surface area (Å²) in [5.41, 5.74) is 1.28. The lowest BCUT2D eigenvalue weighted by Gasteiger charge is -2.09. The number of hydrogen-bond acceptors (Lipinski definition) is 7. The fourth-order valence-electron chi connectivity index (χ4n) is 2.18. The van der Waals surface area contributed by atoms with Crippen molar-refractivity contribution in [2.45, 2.75) is 4.90 Å². The van der Waals surface area contributed by atoms with Gasteiger partial charge in [0.2, 0.25) is 0 Å². The zero-order valence-electron chi connectivity index (χ0n) is 14.2. The maximum Gasteiger partial charge on any atom is 0.263 e. The molecule has 0 unspecified atom stereocenters. The molecular weight excluding hydrogens is 366 g/mol. The molecule has 0 atom stereocenters. The normalized spacial score (nSPS) is 10.7. The number of aromatic nitrogens is 2. The Hall–Kier alpha value is -3.64. The molecule has 3 aromatic rings. The molecule has 9 heteroatoms. The van der Waals surface area contributed by atoms with Crippen molar-refractivity contribution in [2.24, 2.45) is 0 Å². The standard InChI is InChI=1S/C18H15N5O3S/c1-26-15-6-8-16(9-7-15)27(24,25)23-18-11-10-17(21-22-18)20-14-4-2-13(12-19)3-5-14/h2-11H,1H3,(H,20,21)(H,22,23). The van der Waals surface area contributed by atoms with Crippen LogP contribution in [0, 0.1) is 11.3 Å². The molecule has 0 radical (unpaired) electrons. The van der Waals surface area contributed by atoms with E-state index in [1.807, 2.05) is 6.07 Å². The van der Waals surface area contributed by atoms with Crippen LogP contribution in [0.3, 0.4) is 0 Å². The van der Waals surface area contributed by atoms with Crippen molar-refractivity contribution < 1.29 is 13.2 Å². The largest absolute Gasteiger partial charge is 0.497 e. The fourth-order valence-corrected chi connectivity index (χ4v) is 3.18. The van der Waals surface area contributed by atoms with Crippen LogP contribution in [-0.2, 0) is 10.0 Å². The van der Waals surface area contributed by atoms with Gasteiger partial charge in [-0.3, -0.25) is 4.72 Å². The van der Waals surface area contributed by atoms with Gasteiger partial charge in [0.1, 0.15) is 5.75 Å². The average Bonchev–Trinajstić information content (AvgIpc) is 2.70. The van der Waals surface area contributed by atoms with E-state index in [4.69, 9.17) is 10.00 Å². The molecule has 1 aromatic heterocycles. The third kappa shape index (κ3) is 4.50. The van der Waals surface area contributed by atoms with E-state index in [9.17, 15) is 8.42 Å². The fraction of sp³-hybridized carbons (Fsp3) is 0.0556. The minimum atomic E-state index is -3.78. The van der Waals surface area contributed by atoms with Crippen molar-refractivity contribution in [3.63, 3.8) is 0 Å². The first-order valence-corrected chi connectivity index (χ1v) is 9.26. The SMILES string of the molecule is COc1ccc(S(=O)(=O)Nc2ccc(Nc3ccc(C#N)cc3)nn2)cc1. The van der Waals surface area contributed by atoms with Gasteiger partial charge in [-0.15, -0.1) is 10.2 Å². The molecule has 0 aliphatic carbocycles. The van der Waals surface area contributed by atoms with E-state index in [1.54, 1.807) is 42.5 Å². The quantitative estimate of drug-likeness (QED) is 0.674. The first kappa shape index (κ1) is 18.2. The number of anilines is 3. The highest BCUT2D eigenvalue weighted by atomic mass is 32.2. The predicted octanol–water partition coefficient (Wildman–Crippen LogP) is 2.90. The summed E-state index contributed by atoms with van der Waals surface area (Å²) < 4.78 is 32.1. The summed E-state index contributed by atoms with van der Waals surface area (Å²) in [7, 11) is -2.27. The molecular formula is C18H15N5O3S. The molecule has 0 aliphatic rings. The van der Waals surface area contributed by atoms with E-state index in [-0.39, 0.29) is 10.7 Å². The molecule has 27 heavy (non-hydrogen) atoms. The van der Waals surface area contributed by atoms with E-state index < -0.39 is 10.0 Å². The van der Waals surface area contributed by atoms with E-state index in [0.29, 0.717) is 17.1 Å². The maximum absolute atomic E-state index is 12.4. The van der Waals surface area contributed by atoms with Crippen LogP contribution in [0.15, 0.2) is 65.6 Å². The molecule has 0 aliphatic heterocycles. The van der Waals surface area contributed by atoms with Crippen LogP contribution >= 0.6 is 0 Å². The van der Waals surface area contributed by atoms with Gasteiger partial charge in [0.05, 0.1) is 23.6 Å². The molecule has 0 saturated carbocycles. The Morgan fingerprint density at radius 1 is 0.926 bits per heavy atom. The monoisotopic (exact) mass is 381 g/mol. The molecule has 0 bridgehead atoms. The van der Waals surface area contributed by atoms with Crippen LogP contribution in [0.5, 0.6) is 5.75 Å². The third-order valence-electron chi connectivity index (χ3n) is 3.56. The van der Waals surface area contributed by atoms with Gasteiger partial charge < -0.3 is 10.1 Å². The van der Waals surface area contributed by atoms with E-state index in [0.717, 1.165) is 5.69 Å². The summed E-state index contributed by atoms with van der Waals surface area (Å²) in [4.78, 5) is 0.0879. The molecule has 8 nitrogen and oxygen atoms in total. The molecule has 3 rings (SSSR count). The van der Waals surface area contributed by atoms with Crippen LogP contribution in [0.4, 0.5) is 17.3 Å². The number of nitriles is 1. The molecule has 0 fully saturated rings. The van der Waals surface area contributed by atoms with Gasteiger partial charge in [-0.25, -0.2) is 8.42 Å². The number of hydrogen-bond donors (Lipinski definition) is 2. The number of ether oxygens (including phenoxy) is 1. The Morgan fingerprint density at radius 3 is 2.11 bits per heavy atom. The van der Waals surface area contributed by atoms with Crippen molar-refractivity contribution >= 4 is 27.3 Å². The van der Waals surface area contributed by atoms with Crippen molar-refractivity contribution in [3.8, 4) is 11.8 Å². The molecule has 0 amide bonds. The number of rotatable bonds is 6. The summed E-state index contributed by atoms with van der Waals surface area (Å²) in [5, 5.41) is 19.6. The number of nitrogens with one attached hydrogen (secondary N) is 2. The number of nitrogens with zero attached hydrogens (tertiary/aromatic N) is 3. The van der Waals surface area contributed by atoms with Gasteiger partial charge in [0.25, 0.3) is 10.0 Å². The first-order chi connectivity index (χ1) is 13.0. The lowest BCUT2D eigenvalue weighted by Crippen LogP contribution is -2.14. The summed E-state index contributed by atoms with van der Waals surface area (Å²) in [6.07, 6.45) is 0. The van der Waals surface area contributed by atoms with Crippen LogP contribution in [-0.4, -0.2) is 25.7 Å². The highest BCUT2D eigenvalue weighted by Gasteiger charge is 2.15. The number of sulfonamides is 1. The van der Waals surface area contributed by atoms with Crippen LogP contribution < -0.4 is 14.8 Å². The molecule has 136 valence electrons. The Kier molecular flexibility index (Phi) is 5.19. The van der Waals surface area contributed by atoms with Crippen molar-refractivity contribution in [1.82, 2.24) is 10.2 Å². The summed E-state index contributed by atoms with van der Waals surface area (Å²) in [6, 6.07) is 18.0. The minimum absolute atomic E-state index is 0.0879. The molecule has 0 saturated heterocycles. The van der Waals surface area contributed by atoms with Gasteiger partial charge in [0, 0.05) is 5.69 Å². The molecule has 2 aromatic carbocycles. The lowest BCUT2D eigenvalue weighted by atomic mass is 10.2. The second kappa shape index (κ2) is 7.72. The van der Waals surface area contributed by atoms with Crippen molar-refractivity contribution in [2.75, 3.05) is 17.1 Å². The van der Waals surface area contributed by atoms with Crippen LogP contribution in [0.1, 0.15) is 5.56 Å². The topological polar surface area (TPSA) is 117 Å². The summed E-state index contributed by atoms with van der Waals surface area (Å²) >= 11 is 0. The zero-order valence-corrected chi connectivity index (χ0v) is 15.1. The van der Waals surface area contributed by atoms with E-state index >= 15 is 0 Å². The minimum Gasteiger partial charge on any atom is -0.497 e. The average molecular weight is 381 g/mol. The summed E-state index contributed by atoms with van der Waals surface area (Å²) in [6.45, 7) is 0. The molecule has 1 heterocycles. The van der Waals surface area contributed by atoms with E-state index in [1.165, 1.54) is 25.3 Å². The van der Waals surface area contributed by atoms with Crippen molar-refractivity contribution in [1.29, 1.82) is 5.26 Å². The highest BCUT2D eigenvalue weighted by Crippen LogP contribution is 2.19. The first-order valence-electron chi connectivity index (χ1n) is 7.78. The molecule has 2 N–H and O–H groups in total. The maximum atomic E-state index is 12.4. The Bertz CT molecular complexity index is 1060. The van der Waals surface area contributed by atoms with Gasteiger partial charge in [-0.05, 0) is 60.7 Å². The van der Waals surface area contributed by atoms with Gasteiger partial charge >= 0.3 is 0 Å². The Labute approximate surface area is 156 Å². The molecule has 0 spiro atoms. The Morgan fingerprint density at radius 2 is 1.56 bits per heavy atom. The number of benzene rings is 2. The van der Waals surface area contributed by atoms with E-state index in [2.05, 4.69) is 20.2 Å².